The van der Waals surface area contributed by atoms with Crippen molar-refractivity contribution < 1.29 is 0 Å². The van der Waals surface area contributed by atoms with E-state index in [4.69, 9.17) is 12.2 Å². The van der Waals surface area contributed by atoms with Crippen LogP contribution in [0.4, 0.5) is 0 Å². The van der Waals surface area contributed by atoms with Crippen LogP contribution in [-0.4, -0.2) is 42.4 Å². The van der Waals surface area contributed by atoms with Crippen LogP contribution >= 0.6 is 12.2 Å². The Morgan fingerprint density at radius 3 is 2.71 bits per heavy atom. The summed E-state index contributed by atoms with van der Waals surface area (Å²) in [6, 6.07) is 0. The molecule has 0 spiro atoms. The molecule has 0 bridgehead atoms. The first kappa shape index (κ1) is 11.4. The van der Waals surface area contributed by atoms with Gasteiger partial charge in [-0.15, -0.1) is 0 Å². The fraction of sp³-hybridized carbons (Fsp3) is 0.778. The first-order valence-corrected chi connectivity index (χ1v) is 5.41. The summed E-state index contributed by atoms with van der Waals surface area (Å²) in [5.41, 5.74) is 4.07. The number of hydrazone groups is 1. The summed E-state index contributed by atoms with van der Waals surface area (Å²) in [6.07, 6.45) is 2.08. The molecule has 1 aliphatic rings. The third kappa shape index (κ3) is 4.02. The van der Waals surface area contributed by atoms with Gasteiger partial charge in [0, 0.05) is 38.2 Å². The molecule has 1 rings (SSSR count). The highest BCUT2D eigenvalue weighted by Crippen LogP contribution is 2.03. The fourth-order valence-corrected chi connectivity index (χ4v) is 1.51. The molecule has 0 aromatic heterocycles. The highest BCUT2D eigenvalue weighted by atomic mass is 32.1. The first-order valence-electron chi connectivity index (χ1n) is 5.00. The Labute approximate surface area is 90.7 Å². The lowest BCUT2D eigenvalue weighted by Crippen LogP contribution is -2.35. The van der Waals surface area contributed by atoms with Crippen molar-refractivity contribution in [2.45, 2.75) is 19.8 Å². The molecule has 0 radical (unpaired) electrons. The van der Waals surface area contributed by atoms with Crippen LogP contribution in [-0.2, 0) is 0 Å². The summed E-state index contributed by atoms with van der Waals surface area (Å²) in [5, 5.41) is 7.88. The van der Waals surface area contributed by atoms with Crippen LogP contribution in [0.5, 0.6) is 0 Å². The van der Waals surface area contributed by atoms with E-state index in [0.29, 0.717) is 5.11 Å². The van der Waals surface area contributed by atoms with Gasteiger partial charge in [0.1, 0.15) is 0 Å². The molecule has 0 aromatic rings. The molecule has 1 heterocycles. The lowest BCUT2D eigenvalue weighted by atomic mass is 10.1. The number of hydrogen-bond donors (Lipinski definition) is 2. The lowest BCUT2D eigenvalue weighted by Gasteiger charge is -2.22. The Balaban J connectivity index is 2.27. The second-order valence-electron chi connectivity index (χ2n) is 3.45. The molecular weight excluding hydrogens is 196 g/mol. The summed E-state index contributed by atoms with van der Waals surface area (Å²) in [6.45, 7) is 5.03. The summed E-state index contributed by atoms with van der Waals surface area (Å²) in [7, 11) is 2.13. The van der Waals surface area contributed by atoms with Crippen LogP contribution in [0.3, 0.4) is 0 Å². The number of nitrogens with one attached hydrogen (secondary N) is 2. The van der Waals surface area contributed by atoms with E-state index in [1.165, 1.54) is 5.71 Å². The molecule has 0 unspecified atom stereocenters. The van der Waals surface area contributed by atoms with Crippen molar-refractivity contribution in [3.8, 4) is 0 Å². The van der Waals surface area contributed by atoms with Crippen LogP contribution in [0.2, 0.25) is 0 Å². The fourth-order valence-electron chi connectivity index (χ4n) is 1.32. The van der Waals surface area contributed by atoms with E-state index >= 15 is 0 Å². The van der Waals surface area contributed by atoms with Gasteiger partial charge in [0.25, 0.3) is 0 Å². The smallest absolute Gasteiger partial charge is 0.186 e. The number of piperidine rings is 1. The molecule has 0 aliphatic carbocycles. The topological polar surface area (TPSA) is 39.7 Å². The lowest BCUT2D eigenvalue weighted by molar-refractivity contribution is 0.335. The van der Waals surface area contributed by atoms with Crippen LogP contribution < -0.4 is 10.7 Å². The minimum absolute atomic E-state index is 0.610. The maximum absolute atomic E-state index is 5.01. The molecule has 1 saturated heterocycles. The van der Waals surface area contributed by atoms with E-state index in [9.17, 15) is 0 Å². The molecule has 2 N–H and O–H groups in total. The zero-order valence-corrected chi connectivity index (χ0v) is 9.65. The molecule has 0 saturated carbocycles. The first-order chi connectivity index (χ1) is 6.72. The molecule has 0 amide bonds. The number of rotatable bonds is 2. The maximum Gasteiger partial charge on any atom is 0.186 e. The van der Waals surface area contributed by atoms with E-state index in [1.807, 2.05) is 6.92 Å². The van der Waals surface area contributed by atoms with Crippen LogP contribution in [0.15, 0.2) is 5.10 Å². The standard InChI is InChI=1S/C9H18N4S/c1-3-10-9(14)12-11-8-4-6-13(2)7-5-8/h3-7H2,1-2H3,(H2,10,12,14). The Bertz CT molecular complexity index is 217. The number of likely N-dealkylation sites (tertiary alicyclic amines) is 1. The van der Waals surface area contributed by atoms with E-state index in [1.54, 1.807) is 0 Å². The monoisotopic (exact) mass is 214 g/mol. The zero-order chi connectivity index (χ0) is 10.4. The highest BCUT2D eigenvalue weighted by Gasteiger charge is 2.10. The van der Waals surface area contributed by atoms with Gasteiger partial charge in [-0.3, -0.25) is 5.43 Å². The molecule has 4 nitrogen and oxygen atoms in total. The van der Waals surface area contributed by atoms with Crippen molar-refractivity contribution in [2.24, 2.45) is 5.10 Å². The normalized spacial score (nSPS) is 17.7. The molecule has 0 atom stereocenters. The Kier molecular flexibility index (Phi) is 4.82. The number of hydrogen-bond acceptors (Lipinski definition) is 3. The quantitative estimate of drug-likeness (QED) is 0.520. The van der Waals surface area contributed by atoms with Gasteiger partial charge < -0.3 is 10.2 Å². The predicted octanol–water partition coefficient (Wildman–Crippen LogP) is 0.552. The minimum atomic E-state index is 0.610. The summed E-state index contributed by atoms with van der Waals surface area (Å²) >= 11 is 5.01. The zero-order valence-electron chi connectivity index (χ0n) is 8.84. The predicted molar refractivity (Wildman–Crippen MR) is 63.6 cm³/mol. The van der Waals surface area contributed by atoms with Gasteiger partial charge in [-0.2, -0.15) is 5.10 Å². The molecule has 80 valence electrons. The van der Waals surface area contributed by atoms with Gasteiger partial charge in [-0.05, 0) is 26.2 Å². The summed E-state index contributed by atoms with van der Waals surface area (Å²) in [5.74, 6) is 0. The van der Waals surface area contributed by atoms with Gasteiger partial charge in [0.05, 0.1) is 0 Å². The highest BCUT2D eigenvalue weighted by molar-refractivity contribution is 7.80. The van der Waals surface area contributed by atoms with Gasteiger partial charge in [-0.1, -0.05) is 0 Å². The second-order valence-corrected chi connectivity index (χ2v) is 3.86. The molecule has 0 aromatic carbocycles. The van der Waals surface area contributed by atoms with E-state index in [2.05, 4.69) is 27.8 Å². The molecule has 1 fully saturated rings. The van der Waals surface area contributed by atoms with Gasteiger partial charge in [0.2, 0.25) is 0 Å². The van der Waals surface area contributed by atoms with E-state index in [-0.39, 0.29) is 0 Å². The van der Waals surface area contributed by atoms with Crippen molar-refractivity contribution in [3.05, 3.63) is 0 Å². The average Bonchev–Trinajstić information content (AvgIpc) is 2.17. The largest absolute Gasteiger partial charge is 0.362 e. The average molecular weight is 214 g/mol. The van der Waals surface area contributed by atoms with Gasteiger partial charge >= 0.3 is 0 Å². The van der Waals surface area contributed by atoms with Crippen molar-refractivity contribution >= 4 is 23.0 Å². The maximum atomic E-state index is 5.01. The minimum Gasteiger partial charge on any atom is -0.362 e. The van der Waals surface area contributed by atoms with Gasteiger partial charge in [0.15, 0.2) is 5.11 Å². The van der Waals surface area contributed by atoms with Crippen molar-refractivity contribution in [2.75, 3.05) is 26.7 Å². The number of thiocarbonyl (C=S) groups is 1. The molecule has 14 heavy (non-hydrogen) atoms. The molecular formula is C9H18N4S. The van der Waals surface area contributed by atoms with Crippen LogP contribution in [0.25, 0.3) is 0 Å². The number of nitrogens with zero attached hydrogens (tertiary/aromatic N) is 2. The third-order valence-corrected chi connectivity index (χ3v) is 2.45. The third-order valence-electron chi connectivity index (χ3n) is 2.22. The second kappa shape index (κ2) is 5.93. The van der Waals surface area contributed by atoms with Crippen LogP contribution in [0.1, 0.15) is 19.8 Å². The van der Waals surface area contributed by atoms with Gasteiger partial charge in [-0.25, -0.2) is 0 Å². The molecule has 5 heteroatoms. The Morgan fingerprint density at radius 2 is 2.14 bits per heavy atom. The Morgan fingerprint density at radius 1 is 1.50 bits per heavy atom. The van der Waals surface area contributed by atoms with Crippen molar-refractivity contribution in [1.29, 1.82) is 0 Å². The van der Waals surface area contributed by atoms with Crippen LogP contribution in [0, 0.1) is 0 Å². The Hall–Kier alpha value is -0.680. The van der Waals surface area contributed by atoms with E-state index in [0.717, 1.165) is 32.5 Å². The summed E-state index contributed by atoms with van der Waals surface area (Å²) < 4.78 is 0. The SMILES string of the molecule is CCNC(=S)NN=C1CCN(C)CC1. The molecule has 1 aliphatic heterocycles. The summed E-state index contributed by atoms with van der Waals surface area (Å²) in [4.78, 5) is 2.31. The van der Waals surface area contributed by atoms with Crippen molar-refractivity contribution in [3.63, 3.8) is 0 Å². The van der Waals surface area contributed by atoms with E-state index < -0.39 is 0 Å². The van der Waals surface area contributed by atoms with Crippen molar-refractivity contribution in [1.82, 2.24) is 15.6 Å².